The Bertz CT molecular complexity index is 324. The number of thiol groups is 1. The highest BCUT2D eigenvalue weighted by molar-refractivity contribution is 7.80. The average Bonchev–Trinajstić information content (AvgIpc) is 2.75. The Morgan fingerprint density at radius 1 is 1.53 bits per heavy atom. The van der Waals surface area contributed by atoms with Crippen LogP contribution in [0, 0.1) is 5.41 Å². The normalized spacial score (nSPS) is 20.2. The van der Waals surface area contributed by atoms with Crippen LogP contribution in [0.1, 0.15) is 31.1 Å². The van der Waals surface area contributed by atoms with Crippen molar-refractivity contribution >= 4 is 24.0 Å². The van der Waals surface area contributed by atoms with Crippen molar-refractivity contribution in [1.82, 2.24) is 4.90 Å². The van der Waals surface area contributed by atoms with Gasteiger partial charge in [-0.2, -0.15) is 12.6 Å². The Morgan fingerprint density at radius 3 is 2.76 bits per heavy atom. The molecule has 1 aromatic heterocycles. The maximum atomic E-state index is 4.54. The molecule has 0 aliphatic heterocycles. The van der Waals surface area contributed by atoms with E-state index in [1.165, 1.54) is 37.1 Å². The quantitative estimate of drug-likeness (QED) is 0.771. The van der Waals surface area contributed by atoms with Crippen LogP contribution in [0.2, 0.25) is 0 Å². The molecule has 1 saturated carbocycles. The zero-order valence-electron chi connectivity index (χ0n) is 10.9. The van der Waals surface area contributed by atoms with Gasteiger partial charge in [0.15, 0.2) is 0 Å². The summed E-state index contributed by atoms with van der Waals surface area (Å²) in [5.74, 6) is 1.04. The standard InChI is InChI=1S/C14H23NS2/c1-12(9-13-5-3-8-17-13)15(2)10-14(11-16)6-4-7-14/h3,5,8,12,16H,4,6-7,9-11H2,1-2H3. The first-order valence-electron chi connectivity index (χ1n) is 6.49. The largest absolute Gasteiger partial charge is 0.303 e. The van der Waals surface area contributed by atoms with Crippen molar-refractivity contribution in [1.29, 1.82) is 0 Å². The van der Waals surface area contributed by atoms with Crippen molar-refractivity contribution < 1.29 is 0 Å². The van der Waals surface area contributed by atoms with Crippen molar-refractivity contribution in [3.05, 3.63) is 22.4 Å². The number of hydrogen-bond acceptors (Lipinski definition) is 3. The molecule has 1 unspecified atom stereocenters. The molecule has 1 atom stereocenters. The number of thiophene rings is 1. The van der Waals surface area contributed by atoms with Crippen LogP contribution >= 0.6 is 24.0 Å². The van der Waals surface area contributed by atoms with Gasteiger partial charge >= 0.3 is 0 Å². The molecule has 1 aromatic rings. The third kappa shape index (κ3) is 3.27. The zero-order valence-corrected chi connectivity index (χ0v) is 12.6. The van der Waals surface area contributed by atoms with Gasteiger partial charge in [0.1, 0.15) is 0 Å². The maximum Gasteiger partial charge on any atom is 0.0112 e. The van der Waals surface area contributed by atoms with E-state index in [0.29, 0.717) is 11.5 Å². The molecular formula is C14H23NS2. The lowest BCUT2D eigenvalue weighted by atomic mass is 9.70. The summed E-state index contributed by atoms with van der Waals surface area (Å²) in [5, 5.41) is 2.17. The van der Waals surface area contributed by atoms with Crippen molar-refractivity contribution in [3.8, 4) is 0 Å². The van der Waals surface area contributed by atoms with Crippen LogP contribution in [-0.2, 0) is 6.42 Å². The molecule has 1 nitrogen and oxygen atoms in total. The number of nitrogens with zero attached hydrogens (tertiary/aromatic N) is 1. The summed E-state index contributed by atoms with van der Waals surface area (Å²) in [6.07, 6.45) is 5.31. The highest BCUT2D eigenvalue weighted by Crippen LogP contribution is 2.42. The topological polar surface area (TPSA) is 3.24 Å². The summed E-state index contributed by atoms with van der Waals surface area (Å²) in [6.45, 7) is 3.55. The van der Waals surface area contributed by atoms with Crippen LogP contribution in [0.25, 0.3) is 0 Å². The molecule has 1 heterocycles. The van der Waals surface area contributed by atoms with E-state index in [9.17, 15) is 0 Å². The lowest BCUT2D eigenvalue weighted by Gasteiger charge is -2.44. The maximum absolute atomic E-state index is 4.54. The SMILES string of the molecule is CC(Cc1cccs1)N(C)CC1(CS)CCC1. The highest BCUT2D eigenvalue weighted by atomic mass is 32.1. The van der Waals surface area contributed by atoms with Gasteiger partial charge in [0.05, 0.1) is 0 Å². The van der Waals surface area contributed by atoms with Gasteiger partial charge in [-0.15, -0.1) is 11.3 Å². The molecule has 1 fully saturated rings. The third-order valence-corrected chi connectivity index (χ3v) is 5.73. The van der Waals surface area contributed by atoms with Crippen molar-refractivity contribution in [2.45, 2.75) is 38.6 Å². The van der Waals surface area contributed by atoms with Crippen molar-refractivity contribution in [2.75, 3.05) is 19.3 Å². The molecule has 0 bridgehead atoms. The van der Waals surface area contributed by atoms with Gasteiger partial charge in [0.25, 0.3) is 0 Å². The molecule has 1 aliphatic rings. The average molecular weight is 269 g/mol. The van der Waals surface area contributed by atoms with Gasteiger partial charge in [-0.1, -0.05) is 12.5 Å². The van der Waals surface area contributed by atoms with Crippen LogP contribution in [0.3, 0.4) is 0 Å². The van der Waals surface area contributed by atoms with E-state index in [1.807, 2.05) is 11.3 Å². The van der Waals surface area contributed by atoms with Crippen LogP contribution in [0.15, 0.2) is 17.5 Å². The summed E-state index contributed by atoms with van der Waals surface area (Å²) in [4.78, 5) is 4.02. The van der Waals surface area contributed by atoms with Gasteiger partial charge in [-0.3, -0.25) is 0 Å². The summed E-state index contributed by atoms with van der Waals surface area (Å²) in [5.41, 5.74) is 0.515. The molecule has 0 saturated heterocycles. The van der Waals surface area contributed by atoms with Crippen LogP contribution in [0.5, 0.6) is 0 Å². The monoisotopic (exact) mass is 269 g/mol. The molecule has 0 radical (unpaired) electrons. The number of hydrogen-bond donors (Lipinski definition) is 1. The Balaban J connectivity index is 1.84. The Morgan fingerprint density at radius 2 is 2.29 bits per heavy atom. The van der Waals surface area contributed by atoms with E-state index in [2.05, 4.69) is 49.0 Å². The highest BCUT2D eigenvalue weighted by Gasteiger charge is 2.37. The smallest absolute Gasteiger partial charge is 0.0112 e. The molecule has 0 amide bonds. The van der Waals surface area contributed by atoms with E-state index < -0.39 is 0 Å². The molecule has 0 spiro atoms. The second-order valence-corrected chi connectivity index (χ2v) is 6.91. The first-order valence-corrected chi connectivity index (χ1v) is 8.00. The lowest BCUT2D eigenvalue weighted by molar-refractivity contribution is 0.0857. The Labute approximate surface area is 115 Å². The van der Waals surface area contributed by atoms with Crippen LogP contribution in [0.4, 0.5) is 0 Å². The Kier molecular flexibility index (Phi) is 4.56. The zero-order chi connectivity index (χ0) is 12.3. The second kappa shape index (κ2) is 5.77. The summed E-state index contributed by atoms with van der Waals surface area (Å²) >= 11 is 6.41. The predicted octanol–water partition coefficient (Wildman–Crippen LogP) is 3.71. The fraction of sp³-hybridized carbons (Fsp3) is 0.714. The minimum absolute atomic E-state index is 0.515. The summed E-state index contributed by atoms with van der Waals surface area (Å²) < 4.78 is 0. The lowest BCUT2D eigenvalue weighted by Crippen LogP contribution is -2.45. The first-order chi connectivity index (χ1) is 8.15. The molecule has 96 valence electrons. The van der Waals surface area contributed by atoms with Gasteiger partial charge in [-0.25, -0.2) is 0 Å². The van der Waals surface area contributed by atoms with E-state index in [0.717, 1.165) is 5.75 Å². The van der Waals surface area contributed by atoms with Crippen LogP contribution in [-0.4, -0.2) is 30.3 Å². The fourth-order valence-corrected chi connectivity index (χ4v) is 3.85. The third-order valence-electron chi connectivity index (χ3n) is 4.16. The van der Waals surface area contributed by atoms with E-state index in [4.69, 9.17) is 0 Å². The number of likely N-dealkylation sites (N-methyl/N-ethyl adjacent to an activating group) is 1. The Hall–Kier alpha value is 0.01000. The molecule has 1 aliphatic carbocycles. The molecular weight excluding hydrogens is 246 g/mol. The van der Waals surface area contributed by atoms with Gasteiger partial charge in [0, 0.05) is 17.5 Å². The molecule has 17 heavy (non-hydrogen) atoms. The minimum atomic E-state index is 0.515. The van der Waals surface area contributed by atoms with Crippen LogP contribution < -0.4 is 0 Å². The van der Waals surface area contributed by atoms with E-state index in [-0.39, 0.29) is 0 Å². The van der Waals surface area contributed by atoms with E-state index >= 15 is 0 Å². The summed E-state index contributed by atoms with van der Waals surface area (Å²) in [7, 11) is 2.27. The minimum Gasteiger partial charge on any atom is -0.303 e. The van der Waals surface area contributed by atoms with Crippen molar-refractivity contribution in [2.24, 2.45) is 5.41 Å². The molecule has 3 heteroatoms. The summed E-state index contributed by atoms with van der Waals surface area (Å²) in [6, 6.07) is 5.02. The first kappa shape index (κ1) is 13.4. The van der Waals surface area contributed by atoms with Gasteiger partial charge in [-0.05, 0) is 55.8 Å². The van der Waals surface area contributed by atoms with E-state index in [1.54, 1.807) is 0 Å². The van der Waals surface area contributed by atoms with Gasteiger partial charge < -0.3 is 4.90 Å². The molecule has 2 rings (SSSR count). The predicted molar refractivity (Wildman–Crippen MR) is 80.3 cm³/mol. The fourth-order valence-electron chi connectivity index (χ4n) is 2.60. The second-order valence-electron chi connectivity index (χ2n) is 5.56. The van der Waals surface area contributed by atoms with Gasteiger partial charge in [0.2, 0.25) is 0 Å². The number of rotatable bonds is 6. The van der Waals surface area contributed by atoms with Crippen molar-refractivity contribution in [3.63, 3.8) is 0 Å². The molecule has 0 aromatic carbocycles. The molecule has 0 N–H and O–H groups in total.